The second kappa shape index (κ2) is 6.85. The molecule has 0 unspecified atom stereocenters. The van der Waals surface area contributed by atoms with Crippen molar-refractivity contribution in [1.29, 1.82) is 0 Å². The topological polar surface area (TPSA) is 49.3 Å². The summed E-state index contributed by atoms with van der Waals surface area (Å²) in [6.07, 6.45) is 0. The Kier molecular flexibility index (Phi) is 6.52. The smallest absolute Gasteiger partial charge is 0.336 e. The maximum Gasteiger partial charge on any atom is 0.336 e. The molecule has 13 heavy (non-hydrogen) atoms. The predicted molar refractivity (Wildman–Crippen MR) is 61.1 cm³/mol. The van der Waals surface area contributed by atoms with E-state index in [1.807, 2.05) is 42.8 Å². The van der Waals surface area contributed by atoms with Crippen LogP contribution in [0, 0.1) is 3.57 Å². The molecule has 0 amide bonds. The highest BCUT2D eigenvalue weighted by molar-refractivity contribution is 14.1. The van der Waals surface area contributed by atoms with Gasteiger partial charge in [0.05, 0.1) is 5.56 Å². The molecule has 0 saturated carbocycles. The van der Waals surface area contributed by atoms with Crippen LogP contribution in [-0.4, -0.2) is 25.2 Å². The number of aromatic carboxylic acids is 1. The Morgan fingerprint density at radius 2 is 1.85 bits per heavy atom. The number of hydrogen-bond acceptors (Lipinski definition) is 2. The molecular formula is C9H12INO2. The molecule has 3 nitrogen and oxygen atoms in total. The molecule has 0 aromatic heterocycles. The van der Waals surface area contributed by atoms with Crippen LogP contribution in [0.3, 0.4) is 0 Å². The van der Waals surface area contributed by atoms with E-state index in [2.05, 4.69) is 5.32 Å². The number of carbonyl (C=O) groups is 1. The monoisotopic (exact) mass is 293 g/mol. The average molecular weight is 293 g/mol. The molecule has 2 N–H and O–H groups in total. The van der Waals surface area contributed by atoms with Gasteiger partial charge in [0.25, 0.3) is 0 Å². The molecule has 0 heterocycles. The fraction of sp³-hybridized carbons (Fsp3) is 0.222. The van der Waals surface area contributed by atoms with Gasteiger partial charge in [-0.3, -0.25) is 0 Å². The lowest BCUT2D eigenvalue weighted by molar-refractivity contribution is 0.0696. The molecule has 0 aliphatic heterocycles. The van der Waals surface area contributed by atoms with Crippen LogP contribution in [0.15, 0.2) is 24.3 Å². The lowest BCUT2D eigenvalue weighted by Crippen LogP contribution is -1.97. The molecule has 0 aliphatic carbocycles. The van der Waals surface area contributed by atoms with E-state index < -0.39 is 5.97 Å². The minimum Gasteiger partial charge on any atom is -0.478 e. The molecule has 0 fully saturated rings. The number of carboxylic acid groups (broad SMARTS) is 1. The van der Waals surface area contributed by atoms with Crippen molar-refractivity contribution in [2.24, 2.45) is 0 Å². The van der Waals surface area contributed by atoms with Gasteiger partial charge >= 0.3 is 5.97 Å². The first-order chi connectivity index (χ1) is 6.13. The summed E-state index contributed by atoms with van der Waals surface area (Å²) >= 11 is 1.99. The number of nitrogens with one attached hydrogen (secondary N) is 1. The van der Waals surface area contributed by atoms with Crippen molar-refractivity contribution in [2.75, 3.05) is 14.1 Å². The Labute approximate surface area is 91.3 Å². The van der Waals surface area contributed by atoms with Gasteiger partial charge in [-0.15, -0.1) is 0 Å². The Morgan fingerprint density at radius 1 is 1.38 bits per heavy atom. The van der Waals surface area contributed by atoms with Gasteiger partial charge in [-0.25, -0.2) is 4.79 Å². The van der Waals surface area contributed by atoms with E-state index in [0.29, 0.717) is 5.56 Å². The summed E-state index contributed by atoms with van der Waals surface area (Å²) in [5.41, 5.74) is 0.364. The number of carboxylic acids is 1. The minimum absolute atomic E-state index is 0.364. The van der Waals surface area contributed by atoms with Crippen molar-refractivity contribution in [3.63, 3.8) is 0 Å². The highest BCUT2D eigenvalue weighted by atomic mass is 127. The number of hydrogen-bond donors (Lipinski definition) is 2. The van der Waals surface area contributed by atoms with Crippen LogP contribution in [-0.2, 0) is 0 Å². The lowest BCUT2D eigenvalue weighted by Gasteiger charge is -1.94. The fourth-order valence-corrected chi connectivity index (χ4v) is 1.25. The van der Waals surface area contributed by atoms with Crippen LogP contribution in [0.5, 0.6) is 0 Å². The zero-order chi connectivity index (χ0) is 10.3. The van der Waals surface area contributed by atoms with Gasteiger partial charge in [-0.05, 0) is 48.8 Å². The largest absolute Gasteiger partial charge is 0.478 e. The van der Waals surface area contributed by atoms with Crippen molar-refractivity contribution in [3.8, 4) is 0 Å². The summed E-state index contributed by atoms with van der Waals surface area (Å²) in [5, 5.41) is 11.3. The van der Waals surface area contributed by atoms with Crippen LogP contribution in [0.4, 0.5) is 0 Å². The summed E-state index contributed by atoms with van der Waals surface area (Å²) in [7, 11) is 3.75. The van der Waals surface area contributed by atoms with Crippen molar-refractivity contribution < 1.29 is 9.90 Å². The Bertz CT molecular complexity index is 276. The van der Waals surface area contributed by atoms with E-state index in [1.165, 1.54) is 0 Å². The Morgan fingerprint density at radius 3 is 2.15 bits per heavy atom. The van der Waals surface area contributed by atoms with E-state index in [0.717, 1.165) is 3.57 Å². The minimum atomic E-state index is -0.870. The molecule has 0 radical (unpaired) electrons. The van der Waals surface area contributed by atoms with Crippen molar-refractivity contribution in [1.82, 2.24) is 5.32 Å². The summed E-state index contributed by atoms with van der Waals surface area (Å²) in [6, 6.07) is 6.88. The lowest BCUT2D eigenvalue weighted by atomic mass is 10.2. The van der Waals surface area contributed by atoms with Crippen LogP contribution < -0.4 is 5.32 Å². The van der Waals surface area contributed by atoms with E-state index in [9.17, 15) is 4.79 Å². The highest BCUT2D eigenvalue weighted by Crippen LogP contribution is 2.10. The summed E-state index contributed by atoms with van der Waals surface area (Å²) in [6.45, 7) is 0. The average Bonchev–Trinajstić information content (AvgIpc) is 2.06. The van der Waals surface area contributed by atoms with Crippen LogP contribution in [0.1, 0.15) is 10.4 Å². The number of rotatable bonds is 1. The first-order valence-corrected chi connectivity index (χ1v) is 4.77. The van der Waals surface area contributed by atoms with E-state index in [-0.39, 0.29) is 0 Å². The molecule has 72 valence electrons. The molecule has 1 aromatic carbocycles. The standard InChI is InChI=1S/C7H5IO2.C2H7N/c8-6-4-2-1-3-5(6)7(9)10;1-3-2/h1-4H,(H,9,10);3H,1-2H3. The first-order valence-electron chi connectivity index (χ1n) is 3.69. The van der Waals surface area contributed by atoms with Gasteiger partial charge in [0.2, 0.25) is 0 Å². The third-order valence-corrected chi connectivity index (χ3v) is 2.04. The zero-order valence-corrected chi connectivity index (χ0v) is 9.70. The molecule has 0 bridgehead atoms. The fourth-order valence-electron chi connectivity index (χ4n) is 0.635. The van der Waals surface area contributed by atoms with E-state index >= 15 is 0 Å². The van der Waals surface area contributed by atoms with Crippen LogP contribution in [0.2, 0.25) is 0 Å². The quantitative estimate of drug-likeness (QED) is 0.777. The second-order valence-corrected chi connectivity index (χ2v) is 3.45. The highest BCUT2D eigenvalue weighted by Gasteiger charge is 2.04. The molecular weight excluding hydrogens is 281 g/mol. The van der Waals surface area contributed by atoms with Crippen molar-refractivity contribution >= 4 is 28.6 Å². The van der Waals surface area contributed by atoms with Gasteiger partial charge in [0, 0.05) is 3.57 Å². The summed E-state index contributed by atoms with van der Waals surface area (Å²) in [4.78, 5) is 10.4. The third kappa shape index (κ3) is 4.84. The Hall–Kier alpha value is -0.620. The van der Waals surface area contributed by atoms with Gasteiger partial charge in [0.1, 0.15) is 0 Å². The summed E-state index contributed by atoms with van der Waals surface area (Å²) < 4.78 is 0.771. The molecule has 0 atom stereocenters. The second-order valence-electron chi connectivity index (χ2n) is 2.28. The van der Waals surface area contributed by atoms with E-state index in [4.69, 9.17) is 5.11 Å². The maximum atomic E-state index is 10.4. The van der Waals surface area contributed by atoms with Crippen molar-refractivity contribution in [2.45, 2.75) is 0 Å². The van der Waals surface area contributed by atoms with Gasteiger partial charge < -0.3 is 10.4 Å². The molecule has 0 aliphatic rings. The van der Waals surface area contributed by atoms with Gasteiger partial charge in [0.15, 0.2) is 0 Å². The van der Waals surface area contributed by atoms with Gasteiger partial charge in [-0.1, -0.05) is 12.1 Å². The Balaban J connectivity index is 0.000000424. The number of benzene rings is 1. The SMILES string of the molecule is CNC.O=C(O)c1ccccc1I. The first kappa shape index (κ1) is 12.4. The third-order valence-electron chi connectivity index (χ3n) is 1.10. The molecule has 1 aromatic rings. The molecule has 1 rings (SSSR count). The normalized spacial score (nSPS) is 8.54. The number of halogens is 1. The maximum absolute atomic E-state index is 10.4. The zero-order valence-electron chi connectivity index (χ0n) is 7.54. The van der Waals surface area contributed by atoms with Crippen LogP contribution >= 0.6 is 22.6 Å². The van der Waals surface area contributed by atoms with Gasteiger partial charge in [-0.2, -0.15) is 0 Å². The predicted octanol–water partition coefficient (Wildman–Crippen LogP) is 1.83. The molecule has 0 spiro atoms. The summed E-state index contributed by atoms with van der Waals surface area (Å²) in [5.74, 6) is -0.870. The van der Waals surface area contributed by atoms with Crippen molar-refractivity contribution in [3.05, 3.63) is 33.4 Å². The van der Waals surface area contributed by atoms with Crippen LogP contribution in [0.25, 0.3) is 0 Å². The molecule has 4 heteroatoms. The van der Waals surface area contributed by atoms with E-state index in [1.54, 1.807) is 18.2 Å². The molecule has 0 saturated heterocycles.